The molecule has 0 radical (unpaired) electrons. The second-order valence-electron chi connectivity index (χ2n) is 2.98. The highest BCUT2D eigenvalue weighted by molar-refractivity contribution is 5.56. The summed E-state index contributed by atoms with van der Waals surface area (Å²) in [7, 11) is 0. The molecule has 5 N–H and O–H groups in total. The normalized spacial score (nSPS) is 8.76. The monoisotopic (exact) mass is 314 g/mol. The summed E-state index contributed by atoms with van der Waals surface area (Å²) in [6.45, 7) is 4.70. The van der Waals surface area contributed by atoms with Crippen LogP contribution >= 0.6 is 0 Å². The fourth-order valence-electron chi connectivity index (χ4n) is 0.593. The van der Waals surface area contributed by atoms with Crippen molar-refractivity contribution in [1.82, 2.24) is 0 Å². The number of aliphatic hydroxyl groups excluding tert-OH is 4. The van der Waals surface area contributed by atoms with Crippen molar-refractivity contribution in [2.75, 3.05) is 59.5 Å². The molecule has 0 spiro atoms. The van der Waals surface area contributed by atoms with Crippen LogP contribution in [0.3, 0.4) is 0 Å². The SMILES string of the molecule is C=CCOC(=O)O.OCCOCCO.OCCOCCO. The first-order valence-electron chi connectivity index (χ1n) is 6.16. The molecule has 9 heteroatoms. The predicted octanol–water partition coefficient (Wildman–Crippen LogP) is -1.16. The molecule has 0 bridgehead atoms. The summed E-state index contributed by atoms with van der Waals surface area (Å²) in [6.07, 6.45) is 0.105. The first kappa shape index (κ1) is 24.8. The van der Waals surface area contributed by atoms with Gasteiger partial charge in [-0.15, -0.1) is 0 Å². The molecule has 0 rings (SSSR count). The average Bonchev–Trinajstić information content (AvgIpc) is 2.47. The van der Waals surface area contributed by atoms with Crippen LogP contribution in [0.4, 0.5) is 4.79 Å². The van der Waals surface area contributed by atoms with E-state index in [0.29, 0.717) is 26.4 Å². The van der Waals surface area contributed by atoms with Crippen molar-refractivity contribution in [3.63, 3.8) is 0 Å². The van der Waals surface area contributed by atoms with E-state index in [9.17, 15) is 4.79 Å². The average molecular weight is 314 g/mol. The summed E-state index contributed by atoms with van der Waals surface area (Å²) in [4.78, 5) is 9.49. The van der Waals surface area contributed by atoms with Crippen LogP contribution in [-0.2, 0) is 14.2 Å². The molecule has 9 nitrogen and oxygen atoms in total. The molecule has 0 aliphatic carbocycles. The van der Waals surface area contributed by atoms with Gasteiger partial charge in [0.15, 0.2) is 0 Å². The summed E-state index contributed by atoms with van der Waals surface area (Å²) in [5, 5.41) is 40.1. The molecule has 21 heavy (non-hydrogen) atoms. The molecule has 0 unspecified atom stereocenters. The largest absolute Gasteiger partial charge is 0.506 e. The first-order valence-corrected chi connectivity index (χ1v) is 6.16. The Balaban J connectivity index is -0.000000231. The summed E-state index contributed by atoms with van der Waals surface area (Å²) < 4.78 is 13.3. The van der Waals surface area contributed by atoms with E-state index in [1.807, 2.05) is 0 Å². The highest BCUT2D eigenvalue weighted by atomic mass is 16.7. The Morgan fingerprint density at radius 1 is 0.857 bits per heavy atom. The fourth-order valence-corrected chi connectivity index (χ4v) is 0.593. The molecular weight excluding hydrogens is 288 g/mol. The van der Waals surface area contributed by atoms with Crippen molar-refractivity contribution in [1.29, 1.82) is 0 Å². The van der Waals surface area contributed by atoms with Crippen molar-refractivity contribution in [2.24, 2.45) is 0 Å². The number of rotatable bonds is 10. The summed E-state index contributed by atoms with van der Waals surface area (Å²) >= 11 is 0. The quantitative estimate of drug-likeness (QED) is 0.191. The summed E-state index contributed by atoms with van der Waals surface area (Å²) in [5.41, 5.74) is 0. The maximum Gasteiger partial charge on any atom is 0.506 e. The molecule has 0 amide bonds. The van der Waals surface area contributed by atoms with Gasteiger partial charge >= 0.3 is 6.16 Å². The van der Waals surface area contributed by atoms with Gasteiger partial charge in [-0.05, 0) is 0 Å². The van der Waals surface area contributed by atoms with E-state index in [4.69, 9.17) is 25.5 Å². The topological polar surface area (TPSA) is 146 Å². The number of carboxylic acid groups (broad SMARTS) is 1. The maximum absolute atomic E-state index is 9.49. The Labute approximate surface area is 124 Å². The zero-order valence-electron chi connectivity index (χ0n) is 12.0. The lowest BCUT2D eigenvalue weighted by atomic mass is 10.7. The third-order valence-corrected chi connectivity index (χ3v) is 1.27. The lowest BCUT2D eigenvalue weighted by molar-refractivity contribution is 0.0649. The van der Waals surface area contributed by atoms with Crippen LogP contribution in [0.5, 0.6) is 0 Å². The molecule has 128 valence electrons. The van der Waals surface area contributed by atoms with Crippen LogP contribution in [0.15, 0.2) is 12.7 Å². The molecule has 0 aromatic rings. The van der Waals surface area contributed by atoms with Gasteiger partial charge in [0.05, 0.1) is 52.9 Å². The Hall–Kier alpha value is -1.23. The van der Waals surface area contributed by atoms with Gasteiger partial charge in [0.2, 0.25) is 0 Å². The van der Waals surface area contributed by atoms with Gasteiger partial charge < -0.3 is 39.7 Å². The zero-order valence-corrected chi connectivity index (χ0v) is 12.0. The number of carbonyl (C=O) groups is 1. The van der Waals surface area contributed by atoms with Crippen molar-refractivity contribution in [2.45, 2.75) is 0 Å². The smallest absolute Gasteiger partial charge is 0.450 e. The number of hydrogen-bond donors (Lipinski definition) is 5. The van der Waals surface area contributed by atoms with Crippen molar-refractivity contribution in [3.05, 3.63) is 12.7 Å². The molecule has 0 aliphatic heterocycles. The van der Waals surface area contributed by atoms with E-state index in [-0.39, 0.29) is 33.0 Å². The summed E-state index contributed by atoms with van der Waals surface area (Å²) in [6, 6.07) is 0. The molecule has 0 aromatic heterocycles. The van der Waals surface area contributed by atoms with Gasteiger partial charge in [0.25, 0.3) is 0 Å². The molecular formula is C12H26O9. The maximum atomic E-state index is 9.49. The molecule has 0 aromatic carbocycles. The van der Waals surface area contributed by atoms with Crippen LogP contribution in [0.1, 0.15) is 0 Å². The summed E-state index contributed by atoms with van der Waals surface area (Å²) in [5.74, 6) is 0. The van der Waals surface area contributed by atoms with Gasteiger partial charge in [-0.3, -0.25) is 0 Å². The third-order valence-electron chi connectivity index (χ3n) is 1.27. The molecule has 0 fully saturated rings. The Kier molecular flexibility index (Phi) is 32.0. The third kappa shape index (κ3) is 45.5. The van der Waals surface area contributed by atoms with Crippen molar-refractivity contribution >= 4 is 6.16 Å². The second-order valence-corrected chi connectivity index (χ2v) is 2.98. The highest BCUT2D eigenvalue weighted by Crippen LogP contribution is 1.73. The number of ether oxygens (including phenoxy) is 3. The van der Waals surface area contributed by atoms with E-state index in [1.165, 1.54) is 6.08 Å². The standard InChI is InChI=1S/2C4H10O3.C4H6O3/c2*5-1-3-7-4-2-6;1-2-3-7-4(5)6/h2*5-6H,1-4H2;2H,1,3H2,(H,5,6). The Bertz CT molecular complexity index is 181. The van der Waals surface area contributed by atoms with Gasteiger partial charge in [0, 0.05) is 0 Å². The molecule has 0 aliphatic rings. The van der Waals surface area contributed by atoms with Gasteiger partial charge in [-0.25, -0.2) is 4.79 Å². The highest BCUT2D eigenvalue weighted by Gasteiger charge is 1.88. The Morgan fingerprint density at radius 3 is 1.33 bits per heavy atom. The van der Waals surface area contributed by atoms with Gasteiger partial charge in [-0.2, -0.15) is 0 Å². The van der Waals surface area contributed by atoms with E-state index in [1.54, 1.807) is 0 Å². The molecule has 0 saturated heterocycles. The van der Waals surface area contributed by atoms with E-state index < -0.39 is 6.16 Å². The minimum Gasteiger partial charge on any atom is -0.450 e. The Morgan fingerprint density at radius 2 is 1.19 bits per heavy atom. The molecule has 0 saturated carbocycles. The van der Waals surface area contributed by atoms with Crippen LogP contribution in [0.25, 0.3) is 0 Å². The van der Waals surface area contributed by atoms with E-state index in [0.717, 1.165) is 0 Å². The second kappa shape index (κ2) is 27.2. The fraction of sp³-hybridized carbons (Fsp3) is 0.750. The molecule has 0 atom stereocenters. The van der Waals surface area contributed by atoms with Gasteiger partial charge in [0.1, 0.15) is 6.61 Å². The van der Waals surface area contributed by atoms with Crippen LogP contribution in [-0.4, -0.2) is 91.1 Å². The van der Waals surface area contributed by atoms with Crippen LogP contribution in [0, 0.1) is 0 Å². The van der Waals surface area contributed by atoms with Crippen molar-refractivity contribution < 1.29 is 44.5 Å². The van der Waals surface area contributed by atoms with Crippen LogP contribution in [0.2, 0.25) is 0 Å². The number of aliphatic hydroxyl groups is 4. The lowest BCUT2D eigenvalue weighted by Crippen LogP contribution is -2.03. The number of hydrogen-bond acceptors (Lipinski definition) is 8. The lowest BCUT2D eigenvalue weighted by Gasteiger charge is -1.94. The zero-order chi connectivity index (χ0) is 16.8. The van der Waals surface area contributed by atoms with Crippen molar-refractivity contribution in [3.8, 4) is 0 Å². The molecule has 0 heterocycles. The van der Waals surface area contributed by atoms with Crippen LogP contribution < -0.4 is 0 Å². The van der Waals surface area contributed by atoms with E-state index >= 15 is 0 Å². The predicted molar refractivity (Wildman–Crippen MR) is 74.2 cm³/mol. The van der Waals surface area contributed by atoms with E-state index in [2.05, 4.69) is 20.8 Å². The minimum absolute atomic E-state index is 0.0278. The van der Waals surface area contributed by atoms with Gasteiger partial charge in [-0.1, -0.05) is 12.7 Å². The first-order chi connectivity index (χ1) is 10.1. The minimum atomic E-state index is -1.26.